The minimum Gasteiger partial charge on any atom is -0.496 e. The molecule has 2 unspecified atom stereocenters. The Hall–Kier alpha value is -1.22. The van der Waals surface area contributed by atoms with Crippen molar-refractivity contribution >= 4 is 47.4 Å². The number of methoxy groups -OCH3 is 1. The van der Waals surface area contributed by atoms with Crippen LogP contribution in [0.2, 0.25) is 5.02 Å². The maximum atomic E-state index is 12.4. The molecule has 0 heterocycles. The van der Waals surface area contributed by atoms with Gasteiger partial charge >= 0.3 is 0 Å². The summed E-state index contributed by atoms with van der Waals surface area (Å²) in [6, 6.07) is 5.98. The fraction of sp³-hybridized carbons (Fsp3) is 0.619. The van der Waals surface area contributed by atoms with Gasteiger partial charge in [-0.15, -0.1) is 24.0 Å². The molecule has 0 saturated heterocycles. The summed E-state index contributed by atoms with van der Waals surface area (Å²) in [6.07, 6.45) is 3.86. The lowest BCUT2D eigenvalue weighted by Crippen LogP contribution is -2.47. The van der Waals surface area contributed by atoms with E-state index in [0.717, 1.165) is 49.5 Å². The first kappa shape index (κ1) is 25.8. The van der Waals surface area contributed by atoms with E-state index in [1.165, 1.54) is 0 Å². The molecule has 0 aromatic heterocycles. The summed E-state index contributed by atoms with van der Waals surface area (Å²) < 4.78 is 5.40. The molecule has 29 heavy (non-hydrogen) atoms. The number of carbonyl (C=O) groups excluding carboxylic acids is 1. The van der Waals surface area contributed by atoms with Gasteiger partial charge in [-0.25, -0.2) is 4.99 Å². The lowest BCUT2D eigenvalue weighted by Gasteiger charge is -2.30. The summed E-state index contributed by atoms with van der Waals surface area (Å²) in [6.45, 7) is 7.29. The van der Waals surface area contributed by atoms with Gasteiger partial charge in [-0.2, -0.15) is 0 Å². The second kappa shape index (κ2) is 13.2. The highest BCUT2D eigenvalue weighted by Gasteiger charge is 2.28. The average Bonchev–Trinajstić information content (AvgIpc) is 2.66. The molecule has 3 N–H and O–H groups in total. The van der Waals surface area contributed by atoms with Gasteiger partial charge in [-0.1, -0.05) is 24.1 Å². The number of ether oxygens (including phenoxy) is 1. The van der Waals surface area contributed by atoms with Gasteiger partial charge in [-0.3, -0.25) is 4.79 Å². The van der Waals surface area contributed by atoms with E-state index in [4.69, 9.17) is 21.3 Å². The minimum atomic E-state index is 0. The zero-order valence-corrected chi connectivity index (χ0v) is 20.8. The summed E-state index contributed by atoms with van der Waals surface area (Å²) in [5, 5.41) is 10.5. The number of guanidine groups is 1. The third-order valence-corrected chi connectivity index (χ3v) is 5.05. The summed E-state index contributed by atoms with van der Waals surface area (Å²) in [4.78, 5) is 17.1. The number of nitrogens with zero attached hydrogens (tertiary/aromatic N) is 1. The molecule has 1 aliphatic rings. The van der Waals surface area contributed by atoms with Crippen LogP contribution in [0.5, 0.6) is 5.75 Å². The van der Waals surface area contributed by atoms with Crippen LogP contribution >= 0.6 is 35.6 Å². The molecule has 1 saturated carbocycles. The van der Waals surface area contributed by atoms with Crippen molar-refractivity contribution in [3.05, 3.63) is 28.8 Å². The molecule has 0 bridgehead atoms. The maximum Gasteiger partial charge on any atom is 0.223 e. The second-order valence-corrected chi connectivity index (χ2v) is 7.96. The summed E-state index contributed by atoms with van der Waals surface area (Å²) in [5.74, 6) is 1.71. The topological polar surface area (TPSA) is 74.8 Å². The number of nitrogens with one attached hydrogen (secondary N) is 3. The Morgan fingerprint density at radius 3 is 2.76 bits per heavy atom. The first-order valence-electron chi connectivity index (χ1n) is 10.1. The Labute approximate surface area is 196 Å². The number of aliphatic imine (C=N–C) groups is 1. The molecule has 2 rings (SSSR count). The van der Waals surface area contributed by atoms with Gasteiger partial charge in [0.2, 0.25) is 5.91 Å². The third-order valence-electron chi connectivity index (χ3n) is 4.82. The van der Waals surface area contributed by atoms with E-state index in [1.807, 2.05) is 32.9 Å². The van der Waals surface area contributed by atoms with Gasteiger partial charge in [0.1, 0.15) is 5.75 Å². The quantitative estimate of drug-likeness (QED) is 0.279. The molecule has 1 aliphatic carbocycles. The normalized spacial score (nSPS) is 19.3. The number of rotatable bonds is 7. The van der Waals surface area contributed by atoms with Crippen molar-refractivity contribution in [3.8, 4) is 5.75 Å². The SMILES string of the molecule is CCNC(=NCc1ccc(Cl)cc1OC)NC1CCCC(C(=O)NC(C)C)C1.I. The number of halogens is 2. The van der Waals surface area contributed by atoms with Crippen molar-refractivity contribution in [3.63, 3.8) is 0 Å². The predicted octanol–water partition coefficient (Wildman–Crippen LogP) is 4.11. The highest BCUT2D eigenvalue weighted by atomic mass is 127. The molecule has 6 nitrogen and oxygen atoms in total. The van der Waals surface area contributed by atoms with Crippen molar-refractivity contribution in [2.75, 3.05) is 13.7 Å². The van der Waals surface area contributed by atoms with E-state index in [1.54, 1.807) is 13.2 Å². The highest BCUT2D eigenvalue weighted by molar-refractivity contribution is 14.0. The number of hydrogen-bond acceptors (Lipinski definition) is 3. The molecule has 1 aromatic carbocycles. The van der Waals surface area contributed by atoms with Crippen LogP contribution in [0, 0.1) is 5.92 Å². The summed E-state index contributed by atoms with van der Waals surface area (Å²) in [7, 11) is 1.63. The number of amides is 1. The van der Waals surface area contributed by atoms with Crippen LogP contribution in [0.4, 0.5) is 0 Å². The van der Waals surface area contributed by atoms with Crippen LogP contribution in [0.3, 0.4) is 0 Å². The smallest absolute Gasteiger partial charge is 0.223 e. The van der Waals surface area contributed by atoms with Crippen molar-refractivity contribution in [2.45, 2.75) is 65.1 Å². The molecular weight excluding hydrogens is 503 g/mol. The minimum absolute atomic E-state index is 0. The van der Waals surface area contributed by atoms with E-state index in [0.29, 0.717) is 11.6 Å². The zero-order valence-electron chi connectivity index (χ0n) is 17.8. The highest BCUT2D eigenvalue weighted by Crippen LogP contribution is 2.25. The first-order valence-corrected chi connectivity index (χ1v) is 10.5. The fourth-order valence-corrected chi connectivity index (χ4v) is 3.65. The molecule has 1 amide bonds. The molecule has 0 aliphatic heterocycles. The van der Waals surface area contributed by atoms with Gasteiger partial charge in [0.15, 0.2) is 5.96 Å². The van der Waals surface area contributed by atoms with E-state index in [2.05, 4.69) is 16.0 Å². The van der Waals surface area contributed by atoms with Crippen LogP contribution in [-0.4, -0.2) is 37.6 Å². The van der Waals surface area contributed by atoms with Crippen LogP contribution in [0.25, 0.3) is 0 Å². The van der Waals surface area contributed by atoms with Crippen LogP contribution in [0.15, 0.2) is 23.2 Å². The van der Waals surface area contributed by atoms with Gasteiger partial charge in [0.05, 0.1) is 13.7 Å². The molecular formula is C21H34ClIN4O2. The largest absolute Gasteiger partial charge is 0.496 e. The Bertz CT molecular complexity index is 685. The van der Waals surface area contributed by atoms with Crippen molar-refractivity contribution in [1.29, 1.82) is 0 Å². The number of hydrogen-bond donors (Lipinski definition) is 3. The van der Waals surface area contributed by atoms with E-state index in [-0.39, 0.29) is 47.9 Å². The first-order chi connectivity index (χ1) is 13.4. The molecule has 164 valence electrons. The maximum absolute atomic E-state index is 12.4. The van der Waals surface area contributed by atoms with Gasteiger partial charge in [0.25, 0.3) is 0 Å². The zero-order chi connectivity index (χ0) is 20.5. The Balaban J connectivity index is 0.00000420. The summed E-state index contributed by atoms with van der Waals surface area (Å²) >= 11 is 6.03. The Morgan fingerprint density at radius 2 is 2.10 bits per heavy atom. The third kappa shape index (κ3) is 8.58. The molecule has 0 spiro atoms. The molecule has 1 fully saturated rings. The van der Waals surface area contributed by atoms with Crippen LogP contribution < -0.4 is 20.7 Å². The average molecular weight is 537 g/mol. The lowest BCUT2D eigenvalue weighted by molar-refractivity contribution is -0.126. The number of benzene rings is 1. The van der Waals surface area contributed by atoms with E-state index in [9.17, 15) is 4.79 Å². The van der Waals surface area contributed by atoms with Crippen LogP contribution in [0.1, 0.15) is 52.0 Å². The van der Waals surface area contributed by atoms with Gasteiger partial charge in [0, 0.05) is 35.1 Å². The molecule has 2 atom stereocenters. The predicted molar refractivity (Wildman–Crippen MR) is 130 cm³/mol. The van der Waals surface area contributed by atoms with Crippen molar-refractivity contribution in [1.82, 2.24) is 16.0 Å². The Kier molecular flexibility index (Phi) is 11.7. The van der Waals surface area contributed by atoms with E-state index >= 15 is 0 Å². The van der Waals surface area contributed by atoms with Crippen LogP contribution in [-0.2, 0) is 11.3 Å². The molecule has 1 aromatic rings. The van der Waals surface area contributed by atoms with Gasteiger partial charge < -0.3 is 20.7 Å². The monoisotopic (exact) mass is 536 g/mol. The Morgan fingerprint density at radius 1 is 1.34 bits per heavy atom. The van der Waals surface area contributed by atoms with E-state index < -0.39 is 0 Å². The fourth-order valence-electron chi connectivity index (χ4n) is 3.49. The standard InChI is InChI=1S/C21H33ClN4O2.HI/c1-5-23-21(24-13-16-9-10-17(22)12-19(16)28-4)26-18-8-6-7-15(11-18)20(27)25-14(2)3;/h9-10,12,14-15,18H,5-8,11,13H2,1-4H3,(H,25,27)(H2,23,24,26);1H. The number of carbonyl (C=O) groups is 1. The second-order valence-electron chi connectivity index (χ2n) is 7.52. The van der Waals surface area contributed by atoms with Gasteiger partial charge in [-0.05, 0) is 52.2 Å². The summed E-state index contributed by atoms with van der Waals surface area (Å²) in [5.41, 5.74) is 0.974. The molecule has 0 radical (unpaired) electrons. The van der Waals surface area contributed by atoms with Crippen molar-refractivity contribution < 1.29 is 9.53 Å². The van der Waals surface area contributed by atoms with Crippen molar-refractivity contribution in [2.24, 2.45) is 10.9 Å². The molecule has 8 heteroatoms. The lowest BCUT2D eigenvalue weighted by atomic mass is 9.85.